The zero-order chi connectivity index (χ0) is 18.8. The summed E-state index contributed by atoms with van der Waals surface area (Å²) in [7, 11) is 1.67. The third kappa shape index (κ3) is 3.99. The summed E-state index contributed by atoms with van der Waals surface area (Å²) in [5.41, 5.74) is 2.69. The van der Waals surface area contributed by atoms with Crippen LogP contribution in [0, 0.1) is 0 Å². The number of fused-ring (bicyclic) bond motifs is 2. The van der Waals surface area contributed by atoms with Crippen molar-refractivity contribution in [3.63, 3.8) is 0 Å². The fourth-order valence-corrected chi connectivity index (χ4v) is 3.64. The molecule has 139 valence electrons. The first-order valence-corrected chi connectivity index (χ1v) is 9.49. The summed E-state index contributed by atoms with van der Waals surface area (Å²) in [6.07, 6.45) is 2.24. The Hall–Kier alpha value is -1.78. The van der Waals surface area contributed by atoms with Crippen LogP contribution in [0.1, 0.15) is 37.9 Å². The number of furan rings is 1. The van der Waals surface area contributed by atoms with E-state index in [2.05, 4.69) is 25.1 Å². The molecule has 0 aliphatic rings. The molecule has 28 heavy (non-hydrogen) atoms. The van der Waals surface area contributed by atoms with Crippen molar-refractivity contribution in [3.8, 4) is 17.1 Å². The predicted octanol–water partition coefficient (Wildman–Crippen LogP) is 6.10. The second-order valence-electron chi connectivity index (χ2n) is 6.93. The van der Waals surface area contributed by atoms with Crippen LogP contribution < -0.4 is 4.74 Å². The number of para-hydroxylation sites is 1. The summed E-state index contributed by atoms with van der Waals surface area (Å²) in [6, 6.07) is 20.2. The third-order valence-corrected chi connectivity index (χ3v) is 5.11. The SMILES string of the molecule is CCCCC(O)c1c(-c2ccc3cc(OC)ccc3c2)oc2ccccc12.[Na]. The summed E-state index contributed by atoms with van der Waals surface area (Å²) >= 11 is 0. The molecule has 0 bridgehead atoms. The molecule has 0 spiro atoms. The van der Waals surface area contributed by atoms with Crippen molar-refractivity contribution < 1.29 is 14.3 Å². The Bertz CT molecular complexity index is 1080. The first-order chi connectivity index (χ1) is 13.2. The fraction of sp³-hybridized carbons (Fsp3) is 0.250. The van der Waals surface area contributed by atoms with Crippen LogP contribution in [0.15, 0.2) is 65.1 Å². The third-order valence-electron chi connectivity index (χ3n) is 5.11. The van der Waals surface area contributed by atoms with Gasteiger partial charge < -0.3 is 14.3 Å². The number of unbranched alkanes of at least 4 members (excludes halogenated alkanes) is 1. The van der Waals surface area contributed by atoms with Gasteiger partial charge in [-0.25, -0.2) is 0 Å². The van der Waals surface area contributed by atoms with Crippen molar-refractivity contribution >= 4 is 51.3 Å². The van der Waals surface area contributed by atoms with Gasteiger partial charge in [-0.05, 0) is 41.5 Å². The average molecular weight is 383 g/mol. The van der Waals surface area contributed by atoms with Gasteiger partial charge in [-0.1, -0.05) is 56.2 Å². The predicted molar refractivity (Wildman–Crippen MR) is 116 cm³/mol. The van der Waals surface area contributed by atoms with Crippen molar-refractivity contribution in [1.29, 1.82) is 0 Å². The quantitative estimate of drug-likeness (QED) is 0.409. The van der Waals surface area contributed by atoms with E-state index in [1.54, 1.807) is 7.11 Å². The molecule has 0 saturated heterocycles. The van der Waals surface area contributed by atoms with E-state index in [1.165, 1.54) is 0 Å². The molecule has 3 nitrogen and oxygen atoms in total. The van der Waals surface area contributed by atoms with Crippen molar-refractivity contribution in [1.82, 2.24) is 0 Å². The minimum atomic E-state index is -0.532. The molecule has 4 rings (SSSR count). The van der Waals surface area contributed by atoms with E-state index in [1.807, 2.05) is 42.5 Å². The van der Waals surface area contributed by atoms with Crippen LogP contribution in [0.4, 0.5) is 0 Å². The van der Waals surface area contributed by atoms with Gasteiger partial charge in [0.1, 0.15) is 17.1 Å². The number of benzene rings is 3. The van der Waals surface area contributed by atoms with E-state index in [0.29, 0.717) is 0 Å². The zero-order valence-corrected chi connectivity index (χ0v) is 18.7. The normalized spacial score (nSPS) is 12.1. The smallest absolute Gasteiger partial charge is 0.141 e. The number of aliphatic hydroxyl groups is 1. The Kier molecular flexibility index (Phi) is 6.84. The second-order valence-corrected chi connectivity index (χ2v) is 6.93. The van der Waals surface area contributed by atoms with Crippen LogP contribution in [0.5, 0.6) is 5.75 Å². The van der Waals surface area contributed by atoms with Gasteiger partial charge in [0.25, 0.3) is 0 Å². The molecule has 1 aromatic heterocycles. The molecule has 0 amide bonds. The number of rotatable bonds is 6. The summed E-state index contributed by atoms with van der Waals surface area (Å²) in [5, 5.41) is 14.1. The molecule has 0 aliphatic carbocycles. The molecule has 1 atom stereocenters. The summed E-state index contributed by atoms with van der Waals surface area (Å²) in [4.78, 5) is 0. The monoisotopic (exact) mass is 383 g/mol. The van der Waals surface area contributed by atoms with Crippen molar-refractivity contribution in [3.05, 3.63) is 66.2 Å². The van der Waals surface area contributed by atoms with E-state index in [4.69, 9.17) is 9.15 Å². The van der Waals surface area contributed by atoms with E-state index >= 15 is 0 Å². The molecule has 3 aromatic carbocycles. The minimum absolute atomic E-state index is 0. The van der Waals surface area contributed by atoms with Crippen LogP contribution in [0.3, 0.4) is 0 Å². The van der Waals surface area contributed by atoms with Gasteiger partial charge in [0.15, 0.2) is 0 Å². The molecule has 0 aliphatic heterocycles. The van der Waals surface area contributed by atoms with E-state index in [0.717, 1.165) is 63.6 Å². The Labute approximate surface area is 187 Å². The average Bonchev–Trinajstić information content (AvgIpc) is 3.10. The molecule has 0 fully saturated rings. The molecule has 1 radical (unpaired) electrons. The largest absolute Gasteiger partial charge is 0.497 e. The van der Waals surface area contributed by atoms with Crippen molar-refractivity contribution in [2.24, 2.45) is 0 Å². The standard InChI is InChI=1S/C24H24O3.Na/c1-3-4-8-21(25)23-20-7-5-6-9-22(20)27-24(23)18-11-10-17-15-19(26-2)13-12-16(17)14-18;/h5-7,9-15,21,25H,3-4,8H2,1-2H3;. The topological polar surface area (TPSA) is 42.6 Å². The van der Waals surface area contributed by atoms with Gasteiger partial charge in [0.05, 0.1) is 13.2 Å². The van der Waals surface area contributed by atoms with Crippen LogP contribution in [0.2, 0.25) is 0 Å². The molecular weight excluding hydrogens is 359 g/mol. The molecule has 0 saturated carbocycles. The van der Waals surface area contributed by atoms with Crippen LogP contribution in [-0.4, -0.2) is 41.8 Å². The maximum Gasteiger partial charge on any atom is 0.141 e. The van der Waals surface area contributed by atoms with Crippen molar-refractivity contribution in [2.75, 3.05) is 7.11 Å². The Morgan fingerprint density at radius 1 is 1.00 bits per heavy atom. The summed E-state index contributed by atoms with van der Waals surface area (Å²) < 4.78 is 11.5. The van der Waals surface area contributed by atoms with Crippen LogP contribution >= 0.6 is 0 Å². The first-order valence-electron chi connectivity index (χ1n) is 9.49. The van der Waals surface area contributed by atoms with E-state index in [-0.39, 0.29) is 29.6 Å². The molecule has 1 unspecified atom stereocenters. The van der Waals surface area contributed by atoms with E-state index < -0.39 is 6.10 Å². The number of hydrogen-bond donors (Lipinski definition) is 1. The Morgan fingerprint density at radius 3 is 2.54 bits per heavy atom. The maximum atomic E-state index is 10.9. The summed E-state index contributed by atoms with van der Waals surface area (Å²) in [6.45, 7) is 2.14. The summed E-state index contributed by atoms with van der Waals surface area (Å²) in [5.74, 6) is 1.60. The number of hydrogen-bond acceptors (Lipinski definition) is 3. The van der Waals surface area contributed by atoms with Crippen molar-refractivity contribution in [2.45, 2.75) is 32.3 Å². The molecule has 1 heterocycles. The van der Waals surface area contributed by atoms with Gasteiger partial charge in [-0.2, -0.15) is 0 Å². The second kappa shape index (κ2) is 9.15. The van der Waals surface area contributed by atoms with Crippen LogP contribution in [-0.2, 0) is 0 Å². The fourth-order valence-electron chi connectivity index (χ4n) is 3.64. The first kappa shape index (κ1) is 20.9. The van der Waals surface area contributed by atoms with Gasteiger partial charge >= 0.3 is 0 Å². The molecule has 4 heteroatoms. The Balaban J connectivity index is 0.00000225. The maximum absolute atomic E-state index is 10.9. The number of methoxy groups -OCH3 is 1. The number of aliphatic hydroxyl groups excluding tert-OH is 1. The number of ether oxygens (including phenoxy) is 1. The Morgan fingerprint density at radius 2 is 1.75 bits per heavy atom. The molecular formula is C24H24NaO3. The van der Waals surface area contributed by atoms with Crippen LogP contribution in [0.25, 0.3) is 33.1 Å². The zero-order valence-electron chi connectivity index (χ0n) is 16.7. The van der Waals surface area contributed by atoms with Gasteiger partial charge in [-0.3, -0.25) is 0 Å². The van der Waals surface area contributed by atoms with Gasteiger partial charge in [0.2, 0.25) is 0 Å². The van der Waals surface area contributed by atoms with Gasteiger partial charge in [-0.15, -0.1) is 0 Å². The molecule has 4 aromatic rings. The minimum Gasteiger partial charge on any atom is -0.497 e. The van der Waals surface area contributed by atoms with Gasteiger partial charge in [0, 0.05) is 46.1 Å². The molecule has 1 N–H and O–H groups in total. The van der Waals surface area contributed by atoms with E-state index in [9.17, 15) is 5.11 Å².